The van der Waals surface area contributed by atoms with Gasteiger partial charge in [-0.05, 0) is 43.5 Å². The minimum atomic E-state index is 0.103. The molecule has 10 nitrogen and oxygen atoms in total. The molecule has 5 heterocycles. The van der Waals surface area contributed by atoms with Gasteiger partial charge in [0.2, 0.25) is 11.5 Å². The molecule has 0 amide bonds. The summed E-state index contributed by atoms with van der Waals surface area (Å²) in [6.07, 6.45) is 5.49. The van der Waals surface area contributed by atoms with Crippen molar-refractivity contribution in [3.63, 3.8) is 0 Å². The van der Waals surface area contributed by atoms with Gasteiger partial charge < -0.3 is 24.4 Å². The fourth-order valence-corrected chi connectivity index (χ4v) is 6.02. The Morgan fingerprint density at radius 1 is 1.13 bits per heavy atom. The summed E-state index contributed by atoms with van der Waals surface area (Å²) in [6.45, 7) is 5.47. The number of ether oxygens (including phenoxy) is 3. The van der Waals surface area contributed by atoms with Crippen molar-refractivity contribution in [3.05, 3.63) is 53.3 Å². The topological polar surface area (TPSA) is 110 Å². The number of fused-ring (bicyclic) bond motifs is 1. The van der Waals surface area contributed by atoms with Crippen LogP contribution < -0.4 is 19.7 Å². The van der Waals surface area contributed by atoms with E-state index in [-0.39, 0.29) is 11.5 Å². The molecule has 2 N–H and O–H groups in total. The molecule has 1 unspecified atom stereocenters. The van der Waals surface area contributed by atoms with Crippen LogP contribution in [0.1, 0.15) is 31.4 Å². The quantitative estimate of drug-likeness (QED) is 0.346. The summed E-state index contributed by atoms with van der Waals surface area (Å²) in [7, 11) is 3.23. The van der Waals surface area contributed by atoms with Crippen LogP contribution in [0.2, 0.25) is 5.02 Å². The van der Waals surface area contributed by atoms with Gasteiger partial charge in [-0.1, -0.05) is 23.7 Å². The summed E-state index contributed by atoms with van der Waals surface area (Å²) >= 11 is 6.49. The zero-order valence-electron chi connectivity index (χ0n) is 22.3. The lowest BCUT2D eigenvalue weighted by molar-refractivity contribution is 0.128. The molecule has 0 aliphatic carbocycles. The number of halogens is 1. The smallest absolute Gasteiger partial charge is 0.232 e. The third kappa shape index (κ3) is 4.77. The van der Waals surface area contributed by atoms with Crippen molar-refractivity contribution in [2.45, 2.75) is 31.8 Å². The molecule has 0 radical (unpaired) electrons. The maximum Gasteiger partial charge on any atom is 0.232 e. The Morgan fingerprint density at radius 3 is 2.67 bits per heavy atom. The molecule has 11 heteroatoms. The number of hydrogen-bond acceptors (Lipinski definition) is 9. The number of anilines is 1. The first-order chi connectivity index (χ1) is 19.0. The van der Waals surface area contributed by atoms with E-state index in [1.807, 2.05) is 18.3 Å². The first-order valence-corrected chi connectivity index (χ1v) is 13.5. The maximum absolute atomic E-state index is 6.49. The summed E-state index contributed by atoms with van der Waals surface area (Å²) in [6, 6.07) is 10.6. The van der Waals surface area contributed by atoms with Crippen LogP contribution in [0.25, 0.3) is 22.4 Å². The summed E-state index contributed by atoms with van der Waals surface area (Å²) in [5.41, 5.74) is 3.96. The third-order valence-corrected chi connectivity index (χ3v) is 8.50. The van der Waals surface area contributed by atoms with E-state index in [1.165, 1.54) is 12.7 Å². The summed E-state index contributed by atoms with van der Waals surface area (Å²) < 4.78 is 16.6. The molecule has 1 spiro atoms. The van der Waals surface area contributed by atoms with Crippen LogP contribution in [-0.4, -0.2) is 71.7 Å². The van der Waals surface area contributed by atoms with Gasteiger partial charge in [-0.25, -0.2) is 15.0 Å². The molecular formula is C28H32ClN7O3. The summed E-state index contributed by atoms with van der Waals surface area (Å²) in [5.74, 6) is 2.04. The molecule has 2 fully saturated rings. The Hall–Kier alpha value is -3.47. The van der Waals surface area contributed by atoms with Crippen molar-refractivity contribution in [2.24, 2.45) is 5.41 Å². The minimum absolute atomic E-state index is 0.103. The van der Waals surface area contributed by atoms with Crippen molar-refractivity contribution in [1.29, 1.82) is 0 Å². The molecule has 2 aliphatic rings. The molecule has 0 bridgehead atoms. The Bertz CT molecular complexity index is 1450. The average molecular weight is 550 g/mol. The Morgan fingerprint density at radius 2 is 1.92 bits per heavy atom. The zero-order valence-corrected chi connectivity index (χ0v) is 23.0. The Balaban J connectivity index is 1.15. The molecular weight excluding hydrogens is 518 g/mol. The van der Waals surface area contributed by atoms with Gasteiger partial charge in [0, 0.05) is 42.3 Å². The van der Waals surface area contributed by atoms with E-state index >= 15 is 0 Å². The predicted octanol–water partition coefficient (Wildman–Crippen LogP) is 4.42. The molecule has 0 saturated carbocycles. The fourth-order valence-electron chi connectivity index (χ4n) is 5.73. The van der Waals surface area contributed by atoms with Gasteiger partial charge in [-0.2, -0.15) is 5.10 Å². The van der Waals surface area contributed by atoms with E-state index in [2.05, 4.69) is 44.5 Å². The van der Waals surface area contributed by atoms with Crippen LogP contribution in [0.4, 0.5) is 5.82 Å². The van der Waals surface area contributed by atoms with E-state index in [1.54, 1.807) is 19.4 Å². The number of methoxy groups -OCH3 is 2. The second-order valence-corrected chi connectivity index (χ2v) is 10.6. The van der Waals surface area contributed by atoms with Gasteiger partial charge in [-0.15, -0.1) is 0 Å². The molecule has 6 rings (SSSR count). The van der Waals surface area contributed by atoms with Gasteiger partial charge in [0.15, 0.2) is 0 Å². The van der Waals surface area contributed by atoms with Crippen molar-refractivity contribution in [2.75, 3.05) is 45.4 Å². The highest BCUT2D eigenvalue weighted by Crippen LogP contribution is 2.41. The SMILES string of the molecule is COc1ccc([C@@H](C)NC2COCC23CCN(c2cnc4c(-c5ccnc(OC)c5Cl)[nH]nc4n2)CC3)cc1. The highest BCUT2D eigenvalue weighted by atomic mass is 35.5. The molecule has 2 saturated heterocycles. The number of H-pyrrole nitrogens is 1. The highest BCUT2D eigenvalue weighted by molar-refractivity contribution is 6.34. The predicted molar refractivity (Wildman–Crippen MR) is 150 cm³/mol. The largest absolute Gasteiger partial charge is 0.497 e. The number of nitrogens with one attached hydrogen (secondary N) is 2. The lowest BCUT2D eigenvalue weighted by atomic mass is 9.74. The third-order valence-electron chi connectivity index (χ3n) is 8.14. The van der Waals surface area contributed by atoms with E-state index in [4.69, 9.17) is 35.8 Å². The van der Waals surface area contributed by atoms with E-state index in [0.717, 1.165) is 56.3 Å². The van der Waals surface area contributed by atoms with Crippen LogP contribution in [0.3, 0.4) is 0 Å². The lowest BCUT2D eigenvalue weighted by Crippen LogP contribution is -2.51. The van der Waals surface area contributed by atoms with Gasteiger partial charge in [0.25, 0.3) is 0 Å². The van der Waals surface area contributed by atoms with Gasteiger partial charge >= 0.3 is 0 Å². The molecule has 39 heavy (non-hydrogen) atoms. The fraction of sp³-hybridized carbons (Fsp3) is 0.429. The van der Waals surface area contributed by atoms with Crippen molar-refractivity contribution >= 4 is 28.6 Å². The molecule has 2 atom stereocenters. The number of aromatic nitrogens is 5. The number of benzene rings is 1. The van der Waals surface area contributed by atoms with Crippen LogP contribution in [0, 0.1) is 5.41 Å². The molecule has 1 aromatic carbocycles. The van der Waals surface area contributed by atoms with Crippen molar-refractivity contribution in [1.82, 2.24) is 30.5 Å². The van der Waals surface area contributed by atoms with Gasteiger partial charge in [0.1, 0.15) is 22.1 Å². The minimum Gasteiger partial charge on any atom is -0.497 e. The summed E-state index contributed by atoms with van der Waals surface area (Å²) in [5, 5.41) is 11.7. The normalized spacial score (nSPS) is 19.5. The molecule has 3 aromatic heterocycles. The number of pyridine rings is 1. The van der Waals surface area contributed by atoms with Crippen LogP contribution in [-0.2, 0) is 4.74 Å². The van der Waals surface area contributed by atoms with Gasteiger partial charge in [-0.3, -0.25) is 5.10 Å². The van der Waals surface area contributed by atoms with Crippen molar-refractivity contribution < 1.29 is 14.2 Å². The molecule has 2 aliphatic heterocycles. The van der Waals surface area contributed by atoms with Crippen LogP contribution in [0.5, 0.6) is 11.6 Å². The van der Waals surface area contributed by atoms with Crippen molar-refractivity contribution in [3.8, 4) is 22.9 Å². The average Bonchev–Trinajstić information content (AvgIpc) is 3.57. The van der Waals surface area contributed by atoms with E-state index in [9.17, 15) is 0 Å². The number of nitrogens with zero attached hydrogens (tertiary/aromatic N) is 5. The zero-order chi connectivity index (χ0) is 27.0. The Kier molecular flexibility index (Phi) is 7.01. The summed E-state index contributed by atoms with van der Waals surface area (Å²) in [4.78, 5) is 16.0. The number of aromatic amines is 1. The standard InChI is InChI=1S/C28H32ClN7O3/c1-17(18-4-6-19(37-2)7-5-18)32-21-15-39-16-28(21)9-12-36(13-10-28)22-14-31-25-24(34-35-26(25)33-22)20-8-11-30-27(38-3)23(20)29/h4-8,11,14,17,21,32H,9-10,12-13,15-16H2,1-3H3,(H,33,34,35)/t17-,21?/m1/s1. The maximum atomic E-state index is 6.49. The molecule has 4 aromatic rings. The van der Waals surface area contributed by atoms with Crippen LogP contribution >= 0.6 is 11.6 Å². The monoisotopic (exact) mass is 549 g/mol. The number of hydrogen-bond donors (Lipinski definition) is 2. The van der Waals surface area contributed by atoms with Crippen LogP contribution in [0.15, 0.2) is 42.7 Å². The van der Waals surface area contributed by atoms with E-state index < -0.39 is 0 Å². The highest BCUT2D eigenvalue weighted by Gasteiger charge is 2.46. The second-order valence-electron chi connectivity index (χ2n) is 10.3. The molecule has 204 valence electrons. The Labute approximate surface area is 232 Å². The number of rotatable bonds is 7. The van der Waals surface area contributed by atoms with E-state index in [0.29, 0.717) is 33.8 Å². The first kappa shape index (κ1) is 25.8. The van der Waals surface area contributed by atoms with Gasteiger partial charge in [0.05, 0.1) is 39.3 Å². The second kappa shape index (κ2) is 10.6. The number of piperidine rings is 1. The lowest BCUT2D eigenvalue weighted by Gasteiger charge is -2.43. The first-order valence-electron chi connectivity index (χ1n) is 13.1.